The largest absolute Gasteiger partial charge is 0.360 e. The van der Waals surface area contributed by atoms with Crippen molar-refractivity contribution in [3.8, 4) is 0 Å². The molecule has 1 aliphatic heterocycles. The van der Waals surface area contributed by atoms with Crippen molar-refractivity contribution in [1.82, 2.24) is 0 Å². The van der Waals surface area contributed by atoms with Crippen LogP contribution in [-0.4, -0.2) is 35.3 Å². The molecule has 1 rings (SSSR count). The van der Waals surface area contributed by atoms with Crippen molar-refractivity contribution in [3.63, 3.8) is 0 Å². The van der Waals surface area contributed by atoms with Crippen molar-refractivity contribution >= 4 is 7.60 Å². The van der Waals surface area contributed by atoms with Crippen molar-refractivity contribution in [2.75, 3.05) is 13.3 Å². The quantitative estimate of drug-likeness (QED) is 0.396. The van der Waals surface area contributed by atoms with Gasteiger partial charge in [-0.2, -0.15) is 9.56 Å². The molecule has 0 amide bonds. The predicted octanol–water partition coefficient (Wildman–Crippen LogP) is 0.354. The molecule has 7 nitrogen and oxygen atoms in total. The third-order valence-electron chi connectivity index (χ3n) is 1.85. The molecule has 1 heterocycles. The van der Waals surface area contributed by atoms with Gasteiger partial charge >= 0.3 is 7.60 Å². The van der Waals surface area contributed by atoms with Gasteiger partial charge in [0.05, 0.1) is 0 Å². The van der Waals surface area contributed by atoms with E-state index in [1.54, 1.807) is 6.92 Å². The summed E-state index contributed by atoms with van der Waals surface area (Å²) in [6, 6.07) is 0. The Morgan fingerprint density at radius 3 is 2.54 bits per heavy atom. The zero-order valence-electron chi connectivity index (χ0n) is 7.17. The zero-order chi connectivity index (χ0) is 10.1. The lowest BCUT2D eigenvalue weighted by molar-refractivity contribution is -0.558. The van der Waals surface area contributed by atoms with Crippen molar-refractivity contribution in [2.45, 2.75) is 18.8 Å². The maximum atomic E-state index is 11.0. The standard InChI is InChI=1S/C5H11O7P/c1-4-5(9-2,11-10-4)3-13(7,8)12-6/h4,6H,3H2,1-2H3,(H,7,8). The lowest BCUT2D eigenvalue weighted by Crippen LogP contribution is -2.58. The summed E-state index contributed by atoms with van der Waals surface area (Å²) in [7, 11) is -2.79. The van der Waals surface area contributed by atoms with E-state index in [1.165, 1.54) is 7.11 Å². The number of hydrogen-bond acceptors (Lipinski definition) is 6. The Hall–Kier alpha value is -0.0100. The van der Waals surface area contributed by atoms with E-state index in [1.807, 2.05) is 0 Å². The zero-order valence-corrected chi connectivity index (χ0v) is 8.06. The van der Waals surface area contributed by atoms with Gasteiger partial charge in [-0.3, -0.25) is 4.57 Å². The Bertz CT molecular complexity index is 227. The Balaban J connectivity index is 2.65. The SMILES string of the molecule is COC1(CP(=O)(O)OO)OOC1C. The topological polar surface area (TPSA) is 94.5 Å². The molecule has 8 heteroatoms. The summed E-state index contributed by atoms with van der Waals surface area (Å²) in [6.07, 6.45) is -0.984. The highest BCUT2D eigenvalue weighted by molar-refractivity contribution is 7.52. The molecular formula is C5H11O7P. The first kappa shape index (κ1) is 11.1. The summed E-state index contributed by atoms with van der Waals surface area (Å²) in [5, 5.41) is 8.09. The van der Waals surface area contributed by atoms with Crippen molar-refractivity contribution in [2.24, 2.45) is 0 Å². The average Bonchev–Trinajstić information content (AvgIpc) is 2.11. The van der Waals surface area contributed by atoms with Crippen LogP contribution in [0.15, 0.2) is 0 Å². The molecule has 1 saturated heterocycles. The van der Waals surface area contributed by atoms with E-state index in [4.69, 9.17) is 14.9 Å². The van der Waals surface area contributed by atoms with Gasteiger partial charge < -0.3 is 9.63 Å². The van der Waals surface area contributed by atoms with E-state index in [9.17, 15) is 4.57 Å². The van der Waals surface area contributed by atoms with Crippen LogP contribution in [0.1, 0.15) is 6.92 Å². The minimum absolute atomic E-state index is 0.492. The molecule has 0 aliphatic carbocycles. The van der Waals surface area contributed by atoms with Crippen LogP contribution in [0.25, 0.3) is 0 Å². The molecular weight excluding hydrogens is 203 g/mol. The second-order valence-electron chi connectivity index (χ2n) is 2.71. The van der Waals surface area contributed by atoms with Gasteiger partial charge in [0, 0.05) is 7.11 Å². The van der Waals surface area contributed by atoms with Crippen LogP contribution in [0.3, 0.4) is 0 Å². The Morgan fingerprint density at radius 2 is 2.31 bits per heavy atom. The van der Waals surface area contributed by atoms with Crippen LogP contribution in [-0.2, 0) is 23.8 Å². The van der Waals surface area contributed by atoms with E-state index >= 15 is 0 Å². The average molecular weight is 214 g/mol. The number of ether oxygens (including phenoxy) is 1. The van der Waals surface area contributed by atoms with E-state index in [0.717, 1.165) is 0 Å². The van der Waals surface area contributed by atoms with Gasteiger partial charge in [-0.15, -0.1) is 0 Å². The fourth-order valence-electron chi connectivity index (χ4n) is 0.978. The normalized spacial score (nSPS) is 38.0. The molecule has 0 bridgehead atoms. The number of rotatable bonds is 4. The minimum atomic E-state index is -4.09. The number of methoxy groups -OCH3 is 1. The first-order chi connectivity index (χ1) is 5.96. The first-order valence-corrected chi connectivity index (χ1v) is 5.27. The summed E-state index contributed by atoms with van der Waals surface area (Å²) < 4.78 is 19.2. The Kier molecular flexibility index (Phi) is 3.09. The smallest absolute Gasteiger partial charge is 0.348 e. The van der Waals surface area contributed by atoms with Crippen LogP contribution in [0.4, 0.5) is 0 Å². The second kappa shape index (κ2) is 3.62. The Morgan fingerprint density at radius 1 is 1.69 bits per heavy atom. The molecule has 0 saturated carbocycles. The summed E-state index contributed by atoms with van der Waals surface area (Å²) >= 11 is 0. The summed E-state index contributed by atoms with van der Waals surface area (Å²) in [6.45, 7) is 1.60. The first-order valence-electron chi connectivity index (χ1n) is 3.50. The highest BCUT2D eigenvalue weighted by atomic mass is 31.2. The van der Waals surface area contributed by atoms with Gasteiger partial charge in [-0.05, 0) is 6.92 Å². The van der Waals surface area contributed by atoms with E-state index in [2.05, 4.69) is 14.4 Å². The van der Waals surface area contributed by atoms with Crippen molar-refractivity contribution < 1.29 is 33.9 Å². The fourth-order valence-corrected chi connectivity index (χ4v) is 2.03. The molecule has 3 atom stereocenters. The highest BCUT2D eigenvalue weighted by Crippen LogP contribution is 2.48. The van der Waals surface area contributed by atoms with Crippen LogP contribution >= 0.6 is 7.60 Å². The minimum Gasteiger partial charge on any atom is -0.348 e. The molecule has 1 aliphatic rings. The van der Waals surface area contributed by atoms with Gasteiger partial charge in [-0.1, -0.05) is 0 Å². The van der Waals surface area contributed by atoms with Gasteiger partial charge in [0.2, 0.25) is 5.79 Å². The summed E-state index contributed by atoms with van der Waals surface area (Å²) in [5.41, 5.74) is 0. The third kappa shape index (κ3) is 2.08. The maximum absolute atomic E-state index is 11.0. The monoisotopic (exact) mass is 214 g/mol. The Labute approximate surface area is 74.6 Å². The molecule has 2 N–H and O–H groups in total. The summed E-state index contributed by atoms with van der Waals surface area (Å²) in [5.74, 6) is -1.31. The van der Waals surface area contributed by atoms with E-state index in [-0.39, 0.29) is 0 Å². The highest BCUT2D eigenvalue weighted by Gasteiger charge is 2.54. The van der Waals surface area contributed by atoms with E-state index < -0.39 is 25.6 Å². The van der Waals surface area contributed by atoms with Gasteiger partial charge in [0.1, 0.15) is 12.3 Å². The molecule has 0 aromatic carbocycles. The van der Waals surface area contributed by atoms with Crippen molar-refractivity contribution in [3.05, 3.63) is 0 Å². The lowest BCUT2D eigenvalue weighted by Gasteiger charge is -2.43. The van der Waals surface area contributed by atoms with Crippen LogP contribution in [0.5, 0.6) is 0 Å². The van der Waals surface area contributed by atoms with E-state index in [0.29, 0.717) is 0 Å². The van der Waals surface area contributed by atoms with Crippen LogP contribution in [0.2, 0.25) is 0 Å². The molecule has 78 valence electrons. The van der Waals surface area contributed by atoms with Gasteiger partial charge in [-0.25, -0.2) is 10.1 Å². The van der Waals surface area contributed by atoms with Gasteiger partial charge in [0.15, 0.2) is 0 Å². The molecule has 13 heavy (non-hydrogen) atoms. The summed E-state index contributed by atoms with van der Waals surface area (Å²) in [4.78, 5) is 18.0. The van der Waals surface area contributed by atoms with Gasteiger partial charge in [0.25, 0.3) is 0 Å². The molecule has 0 spiro atoms. The molecule has 0 aromatic heterocycles. The van der Waals surface area contributed by atoms with Crippen LogP contribution < -0.4 is 0 Å². The fraction of sp³-hybridized carbons (Fsp3) is 1.00. The molecule has 1 fully saturated rings. The molecule has 0 radical (unpaired) electrons. The second-order valence-corrected chi connectivity index (χ2v) is 4.47. The van der Waals surface area contributed by atoms with Crippen molar-refractivity contribution in [1.29, 1.82) is 0 Å². The van der Waals surface area contributed by atoms with Crippen LogP contribution in [0, 0.1) is 0 Å². The third-order valence-corrected chi connectivity index (χ3v) is 2.94. The lowest BCUT2D eigenvalue weighted by atomic mass is 10.2. The maximum Gasteiger partial charge on any atom is 0.360 e. The number of hydrogen-bond donors (Lipinski definition) is 2. The molecule has 0 aromatic rings. The molecule has 3 unspecified atom stereocenters. The predicted molar refractivity (Wildman–Crippen MR) is 39.8 cm³/mol.